The zero-order valence-electron chi connectivity index (χ0n) is 9.11. The highest BCUT2D eigenvalue weighted by Crippen LogP contribution is 2.01. The lowest BCUT2D eigenvalue weighted by atomic mass is 10.1. The highest BCUT2D eigenvalue weighted by molar-refractivity contribution is 9.09. The van der Waals surface area contributed by atoms with E-state index in [0.29, 0.717) is 0 Å². The van der Waals surface area contributed by atoms with Crippen molar-refractivity contribution in [3.05, 3.63) is 0 Å². The monoisotopic (exact) mass is 249 g/mol. The molecule has 0 amide bonds. The molecule has 0 unspecified atom stereocenters. The maximum Gasteiger partial charge on any atom is 0.00313 e. The quantitative estimate of drug-likeness (QED) is 0.487. The first-order valence-corrected chi connectivity index (χ1v) is 6.66. The van der Waals surface area contributed by atoms with Crippen molar-refractivity contribution >= 4 is 15.9 Å². The molecule has 2 heteroatoms. The van der Waals surface area contributed by atoms with Crippen LogP contribution in [0.1, 0.15) is 46.0 Å². The Morgan fingerprint density at radius 1 is 1.00 bits per heavy atom. The fourth-order valence-electron chi connectivity index (χ4n) is 1.21. The third-order valence-corrected chi connectivity index (χ3v) is 2.70. The topological polar surface area (TPSA) is 12.0 Å². The maximum absolute atomic E-state index is 3.48. The van der Waals surface area contributed by atoms with Gasteiger partial charge in [0.1, 0.15) is 0 Å². The summed E-state index contributed by atoms with van der Waals surface area (Å²) < 4.78 is 0. The molecule has 13 heavy (non-hydrogen) atoms. The molecule has 0 atom stereocenters. The van der Waals surface area contributed by atoms with E-state index in [-0.39, 0.29) is 0 Å². The fourth-order valence-corrected chi connectivity index (χ4v) is 1.61. The van der Waals surface area contributed by atoms with Gasteiger partial charge in [0.15, 0.2) is 0 Å². The van der Waals surface area contributed by atoms with Crippen LogP contribution in [-0.4, -0.2) is 18.4 Å². The summed E-state index contributed by atoms with van der Waals surface area (Å²) in [6, 6.07) is 0. The van der Waals surface area contributed by atoms with E-state index in [2.05, 4.69) is 35.1 Å². The molecule has 1 nitrogen and oxygen atoms in total. The fraction of sp³-hybridized carbons (Fsp3) is 1.00. The molecule has 0 saturated heterocycles. The van der Waals surface area contributed by atoms with Gasteiger partial charge in [-0.05, 0) is 38.3 Å². The van der Waals surface area contributed by atoms with Crippen LogP contribution >= 0.6 is 15.9 Å². The zero-order valence-corrected chi connectivity index (χ0v) is 10.7. The number of hydrogen-bond acceptors (Lipinski definition) is 1. The molecule has 1 N–H and O–H groups in total. The van der Waals surface area contributed by atoms with Gasteiger partial charge in [-0.1, -0.05) is 42.6 Å². The molecule has 80 valence electrons. The van der Waals surface area contributed by atoms with Gasteiger partial charge in [-0.3, -0.25) is 0 Å². The maximum atomic E-state index is 3.48. The van der Waals surface area contributed by atoms with Crippen LogP contribution in [0.3, 0.4) is 0 Å². The Labute approximate surface area is 91.8 Å². The highest BCUT2D eigenvalue weighted by Gasteiger charge is 1.93. The van der Waals surface area contributed by atoms with Crippen molar-refractivity contribution in [1.29, 1.82) is 0 Å². The summed E-state index contributed by atoms with van der Waals surface area (Å²) in [5, 5.41) is 4.64. The normalized spacial score (nSPS) is 11.1. The summed E-state index contributed by atoms with van der Waals surface area (Å²) in [6.45, 7) is 6.94. The predicted octanol–water partition coefficient (Wildman–Crippen LogP) is 3.58. The van der Waals surface area contributed by atoms with Crippen LogP contribution < -0.4 is 5.32 Å². The largest absolute Gasteiger partial charge is 0.317 e. The second-order valence-electron chi connectivity index (χ2n) is 4.04. The second kappa shape index (κ2) is 10.5. The van der Waals surface area contributed by atoms with Gasteiger partial charge in [0.05, 0.1) is 0 Å². The van der Waals surface area contributed by atoms with Crippen LogP contribution in [0, 0.1) is 5.92 Å². The molecule has 0 bridgehead atoms. The van der Waals surface area contributed by atoms with Gasteiger partial charge < -0.3 is 5.32 Å². The first-order chi connectivity index (χ1) is 6.27. The van der Waals surface area contributed by atoms with Crippen molar-refractivity contribution in [3.63, 3.8) is 0 Å². The Hall–Kier alpha value is 0.440. The number of rotatable bonds is 9. The van der Waals surface area contributed by atoms with E-state index in [1.165, 1.54) is 45.2 Å². The molecule has 0 saturated carbocycles. The Morgan fingerprint density at radius 2 is 1.69 bits per heavy atom. The molecule has 0 aliphatic rings. The van der Waals surface area contributed by atoms with E-state index in [9.17, 15) is 0 Å². The summed E-state index contributed by atoms with van der Waals surface area (Å²) in [5.74, 6) is 0.834. The van der Waals surface area contributed by atoms with Crippen LogP contribution in [0.2, 0.25) is 0 Å². The molecule has 0 fully saturated rings. The third kappa shape index (κ3) is 12.4. The highest BCUT2D eigenvalue weighted by atomic mass is 79.9. The number of halogens is 1. The number of unbranched alkanes of at least 4 members (excludes halogenated alkanes) is 3. The molecule has 0 aliphatic heterocycles. The summed E-state index contributed by atoms with van der Waals surface area (Å²) in [7, 11) is 0. The standard InChI is InChI=1S/C11H24BrN/c1-11(2)7-10-13-9-6-4-3-5-8-12/h11,13H,3-10H2,1-2H3. The van der Waals surface area contributed by atoms with Gasteiger partial charge in [-0.25, -0.2) is 0 Å². The third-order valence-electron chi connectivity index (χ3n) is 2.14. The smallest absolute Gasteiger partial charge is 0.00313 e. The molecule has 0 spiro atoms. The molecule has 0 radical (unpaired) electrons. The lowest BCUT2D eigenvalue weighted by molar-refractivity contribution is 0.523. The van der Waals surface area contributed by atoms with Crippen LogP contribution in [0.15, 0.2) is 0 Å². The number of hydrogen-bond donors (Lipinski definition) is 1. The van der Waals surface area contributed by atoms with Crippen molar-refractivity contribution in [2.75, 3.05) is 18.4 Å². The molecule has 0 aromatic rings. The minimum Gasteiger partial charge on any atom is -0.317 e. The first kappa shape index (κ1) is 13.4. The van der Waals surface area contributed by atoms with E-state index in [0.717, 1.165) is 11.2 Å². The SMILES string of the molecule is CC(C)CCNCCCCCCBr. The van der Waals surface area contributed by atoms with Gasteiger partial charge in [-0.2, -0.15) is 0 Å². The van der Waals surface area contributed by atoms with Gasteiger partial charge in [-0.15, -0.1) is 0 Å². The average Bonchev–Trinajstić information content (AvgIpc) is 2.09. The predicted molar refractivity (Wildman–Crippen MR) is 64.6 cm³/mol. The zero-order chi connectivity index (χ0) is 9.94. The first-order valence-electron chi connectivity index (χ1n) is 5.54. The summed E-state index contributed by atoms with van der Waals surface area (Å²) in [6.07, 6.45) is 6.72. The van der Waals surface area contributed by atoms with Crippen LogP contribution in [0.25, 0.3) is 0 Å². The molecular weight excluding hydrogens is 226 g/mol. The average molecular weight is 250 g/mol. The Bertz CT molecular complexity index is 94.1. The minimum absolute atomic E-state index is 0.834. The van der Waals surface area contributed by atoms with Crippen molar-refractivity contribution in [2.24, 2.45) is 5.92 Å². The molecule has 0 aromatic carbocycles. The van der Waals surface area contributed by atoms with Crippen molar-refractivity contribution in [2.45, 2.75) is 46.0 Å². The van der Waals surface area contributed by atoms with Crippen molar-refractivity contribution in [1.82, 2.24) is 5.32 Å². The number of alkyl halides is 1. The van der Waals surface area contributed by atoms with E-state index < -0.39 is 0 Å². The summed E-state index contributed by atoms with van der Waals surface area (Å²) >= 11 is 3.44. The van der Waals surface area contributed by atoms with E-state index >= 15 is 0 Å². The van der Waals surface area contributed by atoms with Crippen LogP contribution in [0.5, 0.6) is 0 Å². The van der Waals surface area contributed by atoms with Crippen molar-refractivity contribution in [3.8, 4) is 0 Å². The molecule has 0 rings (SSSR count). The van der Waals surface area contributed by atoms with Crippen LogP contribution in [0.4, 0.5) is 0 Å². The minimum atomic E-state index is 0.834. The number of nitrogens with one attached hydrogen (secondary N) is 1. The molecule has 0 aromatic heterocycles. The van der Waals surface area contributed by atoms with Gasteiger partial charge in [0, 0.05) is 5.33 Å². The molecule has 0 heterocycles. The van der Waals surface area contributed by atoms with Crippen molar-refractivity contribution < 1.29 is 0 Å². The Morgan fingerprint density at radius 3 is 2.31 bits per heavy atom. The molecule has 0 aliphatic carbocycles. The van der Waals surface area contributed by atoms with Gasteiger partial charge >= 0.3 is 0 Å². The van der Waals surface area contributed by atoms with E-state index in [1.54, 1.807) is 0 Å². The van der Waals surface area contributed by atoms with Gasteiger partial charge in [0.25, 0.3) is 0 Å². The van der Waals surface area contributed by atoms with Crippen LogP contribution in [-0.2, 0) is 0 Å². The lowest BCUT2D eigenvalue weighted by Crippen LogP contribution is -2.17. The van der Waals surface area contributed by atoms with Gasteiger partial charge in [0.2, 0.25) is 0 Å². The Kier molecular flexibility index (Phi) is 10.9. The van der Waals surface area contributed by atoms with E-state index in [1.807, 2.05) is 0 Å². The van der Waals surface area contributed by atoms with E-state index in [4.69, 9.17) is 0 Å². The summed E-state index contributed by atoms with van der Waals surface area (Å²) in [5.41, 5.74) is 0. The lowest BCUT2D eigenvalue weighted by Gasteiger charge is -2.06. The Balaban J connectivity index is 2.84. The second-order valence-corrected chi connectivity index (χ2v) is 4.83. The summed E-state index contributed by atoms with van der Waals surface area (Å²) in [4.78, 5) is 0. The molecular formula is C11H24BrN.